The van der Waals surface area contributed by atoms with Crippen molar-refractivity contribution in [2.24, 2.45) is 0 Å². The number of hydrogen-bond donors (Lipinski definition) is 4. The van der Waals surface area contributed by atoms with Crippen LogP contribution in [0, 0.1) is 0 Å². The zero-order valence-corrected chi connectivity index (χ0v) is 23.6. The smallest absolute Gasteiger partial charge is 0.319 e. The Bertz CT molecular complexity index is 1250. The number of rotatable bonds is 11. The number of nitrogens with one attached hydrogen (secondary N) is 4. The van der Waals surface area contributed by atoms with E-state index >= 15 is 0 Å². The van der Waals surface area contributed by atoms with E-state index in [2.05, 4.69) is 36.1 Å². The minimum atomic E-state index is -0.172. The first-order chi connectivity index (χ1) is 19.6. The zero-order valence-electron chi connectivity index (χ0n) is 22.8. The first-order valence-electron chi connectivity index (χ1n) is 14.3. The maximum absolute atomic E-state index is 12.6. The summed E-state index contributed by atoms with van der Waals surface area (Å²) in [5.41, 5.74) is 2.51. The number of anilines is 4. The van der Waals surface area contributed by atoms with E-state index in [0.29, 0.717) is 29.9 Å². The SMILES string of the molecule is O=C(Nc1ccccc1CNc1nc(Nc2ccc(OCCN3CCCC3)cc2)ncc1Cl)NC1CCCCC1. The Morgan fingerprint density at radius 1 is 1.00 bits per heavy atom. The van der Waals surface area contributed by atoms with Crippen LogP contribution in [0.3, 0.4) is 0 Å². The average Bonchev–Trinajstić information content (AvgIpc) is 3.49. The summed E-state index contributed by atoms with van der Waals surface area (Å²) < 4.78 is 5.90. The van der Waals surface area contributed by atoms with E-state index in [-0.39, 0.29) is 12.1 Å². The molecular formula is C30H38ClN7O2. The monoisotopic (exact) mass is 563 g/mol. The van der Waals surface area contributed by atoms with Gasteiger partial charge < -0.3 is 26.0 Å². The van der Waals surface area contributed by atoms with Crippen molar-refractivity contribution in [1.29, 1.82) is 0 Å². The second-order valence-corrected chi connectivity index (χ2v) is 10.8. The Balaban J connectivity index is 1.14. The Kier molecular flexibility index (Phi) is 9.92. The predicted molar refractivity (Wildman–Crippen MR) is 161 cm³/mol. The number of hydrogen-bond acceptors (Lipinski definition) is 7. The average molecular weight is 564 g/mol. The predicted octanol–water partition coefficient (Wildman–Crippen LogP) is 6.41. The number of halogens is 1. The summed E-state index contributed by atoms with van der Waals surface area (Å²) in [6.07, 6.45) is 9.80. The van der Waals surface area contributed by atoms with Crippen molar-refractivity contribution in [2.75, 3.05) is 42.2 Å². The van der Waals surface area contributed by atoms with E-state index in [4.69, 9.17) is 16.3 Å². The van der Waals surface area contributed by atoms with Crippen LogP contribution in [0.2, 0.25) is 5.02 Å². The Morgan fingerprint density at radius 3 is 2.58 bits per heavy atom. The second-order valence-electron chi connectivity index (χ2n) is 10.4. The molecule has 2 heterocycles. The zero-order chi connectivity index (χ0) is 27.6. The molecule has 212 valence electrons. The van der Waals surface area contributed by atoms with Gasteiger partial charge >= 0.3 is 6.03 Å². The van der Waals surface area contributed by atoms with E-state index < -0.39 is 0 Å². The summed E-state index contributed by atoms with van der Waals surface area (Å²) in [6.45, 7) is 4.42. The number of nitrogens with zero attached hydrogens (tertiary/aromatic N) is 3. The number of likely N-dealkylation sites (tertiary alicyclic amines) is 1. The number of aromatic nitrogens is 2. The fourth-order valence-corrected chi connectivity index (χ4v) is 5.34. The van der Waals surface area contributed by atoms with Gasteiger partial charge in [0.25, 0.3) is 0 Å². The van der Waals surface area contributed by atoms with Gasteiger partial charge in [-0.2, -0.15) is 4.98 Å². The third-order valence-corrected chi connectivity index (χ3v) is 7.66. The Morgan fingerprint density at radius 2 is 1.77 bits per heavy atom. The summed E-state index contributed by atoms with van der Waals surface area (Å²) in [6, 6.07) is 15.5. The van der Waals surface area contributed by atoms with Crippen molar-refractivity contribution in [3.05, 3.63) is 65.3 Å². The highest BCUT2D eigenvalue weighted by Gasteiger charge is 2.16. The molecule has 1 aliphatic heterocycles. The van der Waals surface area contributed by atoms with Crippen molar-refractivity contribution in [2.45, 2.75) is 57.5 Å². The van der Waals surface area contributed by atoms with E-state index in [1.54, 1.807) is 6.20 Å². The number of carbonyl (C=O) groups is 1. The Labute approximate surface area is 241 Å². The fraction of sp³-hybridized carbons (Fsp3) is 0.433. The molecule has 4 N–H and O–H groups in total. The molecule has 1 saturated heterocycles. The van der Waals surface area contributed by atoms with Crippen LogP contribution >= 0.6 is 11.6 Å². The van der Waals surface area contributed by atoms with Crippen molar-refractivity contribution < 1.29 is 9.53 Å². The molecule has 2 aromatic carbocycles. The summed E-state index contributed by atoms with van der Waals surface area (Å²) in [4.78, 5) is 23.9. The normalized spacial score (nSPS) is 15.9. The van der Waals surface area contributed by atoms with Crippen molar-refractivity contribution in [3.63, 3.8) is 0 Å². The third kappa shape index (κ3) is 8.22. The molecule has 1 saturated carbocycles. The van der Waals surface area contributed by atoms with E-state index in [1.165, 1.54) is 45.2 Å². The van der Waals surface area contributed by atoms with E-state index in [0.717, 1.165) is 42.1 Å². The lowest BCUT2D eigenvalue weighted by molar-refractivity contribution is 0.238. The van der Waals surface area contributed by atoms with Gasteiger partial charge in [0.15, 0.2) is 5.82 Å². The number of carbonyl (C=O) groups excluding carboxylic acids is 1. The van der Waals surface area contributed by atoms with Crippen molar-refractivity contribution in [1.82, 2.24) is 20.2 Å². The highest BCUT2D eigenvalue weighted by Crippen LogP contribution is 2.25. The highest BCUT2D eigenvalue weighted by molar-refractivity contribution is 6.32. The van der Waals surface area contributed by atoms with Crippen LogP contribution in [0.1, 0.15) is 50.5 Å². The molecule has 1 aromatic heterocycles. The first-order valence-corrected chi connectivity index (χ1v) is 14.6. The third-order valence-electron chi connectivity index (χ3n) is 7.38. The lowest BCUT2D eigenvalue weighted by Gasteiger charge is -2.23. The second kappa shape index (κ2) is 14.2. The van der Waals surface area contributed by atoms with Crippen LogP contribution in [-0.4, -0.2) is 53.2 Å². The van der Waals surface area contributed by atoms with Gasteiger partial charge in [-0.3, -0.25) is 4.90 Å². The highest BCUT2D eigenvalue weighted by atomic mass is 35.5. The van der Waals surface area contributed by atoms with E-state index in [9.17, 15) is 4.79 Å². The van der Waals surface area contributed by atoms with Gasteiger partial charge in [0.2, 0.25) is 5.95 Å². The molecule has 9 nitrogen and oxygen atoms in total. The summed E-state index contributed by atoms with van der Waals surface area (Å²) in [5.74, 6) is 1.76. The molecule has 0 unspecified atom stereocenters. The number of ether oxygens (including phenoxy) is 1. The van der Waals surface area contributed by atoms with Crippen LogP contribution < -0.4 is 26.0 Å². The molecule has 10 heteroatoms. The number of benzene rings is 2. The molecule has 3 aromatic rings. The largest absolute Gasteiger partial charge is 0.492 e. The molecule has 1 aliphatic carbocycles. The quantitative estimate of drug-likeness (QED) is 0.213. The van der Waals surface area contributed by atoms with Crippen LogP contribution in [0.5, 0.6) is 5.75 Å². The summed E-state index contributed by atoms with van der Waals surface area (Å²) >= 11 is 6.40. The number of para-hydroxylation sites is 1. The molecule has 0 bridgehead atoms. The van der Waals surface area contributed by atoms with Gasteiger partial charge in [0.1, 0.15) is 17.4 Å². The molecule has 0 radical (unpaired) electrons. The van der Waals surface area contributed by atoms with Crippen molar-refractivity contribution in [3.8, 4) is 5.75 Å². The fourth-order valence-electron chi connectivity index (χ4n) is 5.18. The van der Waals surface area contributed by atoms with Gasteiger partial charge in [0.05, 0.1) is 6.20 Å². The van der Waals surface area contributed by atoms with Gasteiger partial charge in [-0.05, 0) is 74.7 Å². The van der Waals surface area contributed by atoms with E-state index in [1.807, 2.05) is 48.5 Å². The van der Waals surface area contributed by atoms with Gasteiger partial charge in [0, 0.05) is 30.5 Å². The lowest BCUT2D eigenvalue weighted by Crippen LogP contribution is -2.39. The molecular weight excluding hydrogens is 526 g/mol. The summed E-state index contributed by atoms with van der Waals surface area (Å²) in [5, 5.41) is 13.0. The topological polar surface area (TPSA) is 103 Å². The van der Waals surface area contributed by atoms with Crippen LogP contribution in [-0.2, 0) is 6.54 Å². The minimum Gasteiger partial charge on any atom is -0.492 e. The number of urea groups is 1. The maximum atomic E-state index is 12.6. The number of amides is 2. The van der Waals surface area contributed by atoms with Crippen LogP contribution in [0.25, 0.3) is 0 Å². The first kappa shape index (κ1) is 28.0. The van der Waals surface area contributed by atoms with Gasteiger partial charge in [-0.25, -0.2) is 9.78 Å². The molecule has 2 amide bonds. The van der Waals surface area contributed by atoms with Crippen molar-refractivity contribution >= 4 is 40.8 Å². The lowest BCUT2D eigenvalue weighted by atomic mass is 9.96. The molecule has 40 heavy (non-hydrogen) atoms. The molecule has 2 aliphatic rings. The maximum Gasteiger partial charge on any atom is 0.319 e. The molecule has 5 rings (SSSR count). The standard InChI is InChI=1S/C30H38ClN7O2/c31-26-21-33-29(34-24-12-14-25(15-13-24)40-19-18-38-16-6-7-17-38)37-28(26)32-20-22-8-4-5-11-27(22)36-30(39)35-23-9-2-1-3-10-23/h4-5,8,11-15,21,23H,1-3,6-7,9-10,16-20H2,(H2,35,36,39)(H2,32,33,34,37). The minimum absolute atomic E-state index is 0.172. The molecule has 0 atom stereocenters. The molecule has 2 fully saturated rings. The van der Waals surface area contributed by atoms with Crippen LogP contribution in [0.4, 0.5) is 27.9 Å². The molecule has 0 spiro atoms. The summed E-state index contributed by atoms with van der Waals surface area (Å²) in [7, 11) is 0. The van der Waals surface area contributed by atoms with Crippen LogP contribution in [0.15, 0.2) is 54.7 Å². The Hall–Kier alpha value is -3.56. The van der Waals surface area contributed by atoms with Gasteiger partial charge in [-0.15, -0.1) is 0 Å². The van der Waals surface area contributed by atoms with Gasteiger partial charge in [-0.1, -0.05) is 49.1 Å².